The summed E-state index contributed by atoms with van der Waals surface area (Å²) >= 11 is 0. The molecule has 11 aromatic rings. The van der Waals surface area contributed by atoms with E-state index in [9.17, 15) is 0 Å². The largest absolute Gasteiger partial charge is 0.439 e. The number of para-hydroxylation sites is 3. The standard InChI is InChI=1S/C50H34N2OSi/c1-4-19-37(20-5-1)54(38-21-6-2-7-22-38,39-23-8-3-9-24-39)40-31-32-47-44(34-40)41-25-10-13-28-45(41)51(47)35-17-16-18-36(33-35)52-46-29-14-11-26-42(46)49-43-27-12-15-30-48(43)53-50(49)52/h1-34H. The fraction of sp³-hybridized carbons (Fsp3) is 0. The third kappa shape index (κ3) is 4.41. The Morgan fingerprint density at radius 3 is 1.48 bits per heavy atom. The van der Waals surface area contributed by atoms with E-state index < -0.39 is 8.07 Å². The van der Waals surface area contributed by atoms with Crippen LogP contribution in [0, 0.1) is 0 Å². The van der Waals surface area contributed by atoms with E-state index >= 15 is 0 Å². The molecule has 11 rings (SSSR count). The van der Waals surface area contributed by atoms with Crippen molar-refractivity contribution in [2.24, 2.45) is 0 Å². The highest BCUT2D eigenvalue weighted by atomic mass is 28.3. The molecule has 4 heteroatoms. The molecule has 0 amide bonds. The van der Waals surface area contributed by atoms with Crippen LogP contribution in [-0.2, 0) is 0 Å². The maximum absolute atomic E-state index is 6.61. The summed E-state index contributed by atoms with van der Waals surface area (Å²) in [6.45, 7) is 0. The van der Waals surface area contributed by atoms with Crippen molar-refractivity contribution in [3.8, 4) is 11.4 Å². The lowest BCUT2D eigenvalue weighted by Crippen LogP contribution is -2.74. The summed E-state index contributed by atoms with van der Waals surface area (Å²) in [5.41, 5.74) is 7.42. The van der Waals surface area contributed by atoms with Crippen molar-refractivity contribution < 1.29 is 4.42 Å². The third-order valence-electron chi connectivity index (χ3n) is 11.3. The highest BCUT2D eigenvalue weighted by molar-refractivity contribution is 7.20. The van der Waals surface area contributed by atoms with Gasteiger partial charge in [-0.15, -0.1) is 0 Å². The molecular weight excluding hydrogens is 673 g/mol. The Bertz CT molecular complexity index is 3060. The first-order valence-electron chi connectivity index (χ1n) is 18.5. The number of furan rings is 1. The van der Waals surface area contributed by atoms with Crippen LogP contribution in [0.3, 0.4) is 0 Å². The van der Waals surface area contributed by atoms with E-state index in [0.29, 0.717) is 0 Å². The fourth-order valence-electron chi connectivity index (χ4n) is 9.02. The summed E-state index contributed by atoms with van der Waals surface area (Å²) in [5.74, 6) is 0. The van der Waals surface area contributed by atoms with Crippen molar-refractivity contribution in [2.75, 3.05) is 0 Å². The molecule has 3 aromatic heterocycles. The number of hydrogen-bond donors (Lipinski definition) is 0. The molecule has 0 aliphatic carbocycles. The predicted octanol–water partition coefficient (Wildman–Crippen LogP) is 10.0. The van der Waals surface area contributed by atoms with Gasteiger partial charge in [-0.3, -0.25) is 4.57 Å². The molecule has 0 fully saturated rings. The van der Waals surface area contributed by atoms with Crippen LogP contribution < -0.4 is 20.7 Å². The Balaban J connectivity index is 1.17. The van der Waals surface area contributed by atoms with Crippen molar-refractivity contribution in [3.05, 3.63) is 206 Å². The molecule has 3 heterocycles. The molecule has 0 unspecified atom stereocenters. The monoisotopic (exact) mass is 706 g/mol. The van der Waals surface area contributed by atoms with Gasteiger partial charge in [0.05, 0.1) is 27.6 Å². The van der Waals surface area contributed by atoms with Crippen LogP contribution >= 0.6 is 0 Å². The van der Waals surface area contributed by atoms with Gasteiger partial charge in [-0.25, -0.2) is 0 Å². The second-order valence-electron chi connectivity index (χ2n) is 14.1. The maximum Gasteiger partial charge on any atom is 0.213 e. The summed E-state index contributed by atoms with van der Waals surface area (Å²) in [6.07, 6.45) is 0. The Hall–Kier alpha value is -6.88. The zero-order valence-electron chi connectivity index (χ0n) is 29.4. The molecule has 0 saturated heterocycles. The smallest absolute Gasteiger partial charge is 0.213 e. The predicted molar refractivity (Wildman–Crippen MR) is 229 cm³/mol. The van der Waals surface area contributed by atoms with Crippen LogP contribution in [0.25, 0.3) is 66.2 Å². The van der Waals surface area contributed by atoms with Gasteiger partial charge in [-0.2, -0.15) is 0 Å². The van der Waals surface area contributed by atoms with Gasteiger partial charge in [0, 0.05) is 27.2 Å². The van der Waals surface area contributed by atoms with Gasteiger partial charge in [0.1, 0.15) is 5.58 Å². The molecule has 54 heavy (non-hydrogen) atoms. The number of hydrogen-bond acceptors (Lipinski definition) is 1. The van der Waals surface area contributed by atoms with Crippen LogP contribution in [0.15, 0.2) is 211 Å². The minimum atomic E-state index is -2.71. The molecule has 0 bridgehead atoms. The van der Waals surface area contributed by atoms with Gasteiger partial charge in [-0.05, 0) is 63.2 Å². The number of aromatic nitrogens is 2. The van der Waals surface area contributed by atoms with E-state index in [-0.39, 0.29) is 0 Å². The number of benzene rings is 8. The van der Waals surface area contributed by atoms with Gasteiger partial charge in [0.2, 0.25) is 5.71 Å². The molecule has 3 nitrogen and oxygen atoms in total. The first-order valence-corrected chi connectivity index (χ1v) is 20.5. The quantitative estimate of drug-likeness (QED) is 0.125. The lowest BCUT2D eigenvalue weighted by atomic mass is 10.1. The van der Waals surface area contributed by atoms with E-state index in [1.54, 1.807) is 0 Å². The minimum Gasteiger partial charge on any atom is -0.439 e. The van der Waals surface area contributed by atoms with Gasteiger partial charge in [-0.1, -0.05) is 164 Å². The van der Waals surface area contributed by atoms with Crippen molar-refractivity contribution in [1.29, 1.82) is 0 Å². The average molecular weight is 707 g/mol. The minimum absolute atomic E-state index is 0.866. The lowest BCUT2D eigenvalue weighted by molar-refractivity contribution is 0.645. The topological polar surface area (TPSA) is 23.0 Å². The van der Waals surface area contributed by atoms with Crippen molar-refractivity contribution in [3.63, 3.8) is 0 Å². The second-order valence-corrected chi connectivity index (χ2v) is 17.9. The molecule has 254 valence electrons. The molecule has 0 aliphatic heterocycles. The molecular formula is C50H34N2OSi. The summed E-state index contributed by atoms with van der Waals surface area (Å²) in [7, 11) is -2.71. The second kappa shape index (κ2) is 12.1. The Morgan fingerprint density at radius 2 is 0.833 bits per heavy atom. The SMILES string of the molecule is c1ccc([Si](c2ccccc2)(c2ccccc2)c2ccc3c(c2)c2ccccc2n3-c2cccc(-n3c4ccccc4c4c5ccccc5oc43)c2)cc1. The van der Waals surface area contributed by atoms with E-state index in [0.717, 1.165) is 39.0 Å². The highest BCUT2D eigenvalue weighted by Crippen LogP contribution is 2.39. The van der Waals surface area contributed by atoms with Crippen molar-refractivity contribution in [1.82, 2.24) is 9.13 Å². The summed E-state index contributed by atoms with van der Waals surface area (Å²) < 4.78 is 11.3. The van der Waals surface area contributed by atoms with Gasteiger partial charge in [0.25, 0.3) is 0 Å². The Labute approximate surface area is 313 Å². The lowest BCUT2D eigenvalue weighted by Gasteiger charge is -2.34. The van der Waals surface area contributed by atoms with E-state index in [1.165, 1.54) is 47.9 Å². The summed E-state index contributed by atoms with van der Waals surface area (Å²) in [4.78, 5) is 0. The van der Waals surface area contributed by atoms with E-state index in [4.69, 9.17) is 4.42 Å². The third-order valence-corrected chi connectivity index (χ3v) is 16.0. The van der Waals surface area contributed by atoms with Crippen LogP contribution in [0.1, 0.15) is 0 Å². The molecule has 0 aliphatic rings. The van der Waals surface area contributed by atoms with Crippen LogP contribution in [0.2, 0.25) is 0 Å². The van der Waals surface area contributed by atoms with Crippen LogP contribution in [0.5, 0.6) is 0 Å². The zero-order valence-corrected chi connectivity index (χ0v) is 30.4. The molecule has 0 atom stereocenters. The molecule has 0 saturated carbocycles. The molecule has 8 aromatic carbocycles. The zero-order chi connectivity index (χ0) is 35.6. The first-order chi connectivity index (χ1) is 26.8. The van der Waals surface area contributed by atoms with E-state index in [1.807, 2.05) is 6.07 Å². The number of nitrogens with zero attached hydrogens (tertiary/aromatic N) is 2. The normalized spacial score (nSPS) is 12.1. The maximum atomic E-state index is 6.61. The van der Waals surface area contributed by atoms with Gasteiger partial charge >= 0.3 is 0 Å². The molecule has 0 radical (unpaired) electrons. The van der Waals surface area contributed by atoms with Crippen molar-refractivity contribution >= 4 is 83.6 Å². The fourth-order valence-corrected chi connectivity index (χ4v) is 13.8. The van der Waals surface area contributed by atoms with Gasteiger partial charge < -0.3 is 8.98 Å². The number of fused-ring (bicyclic) bond motifs is 8. The summed E-state index contributed by atoms with van der Waals surface area (Å²) in [5, 5.41) is 11.4. The Kier molecular flexibility index (Phi) is 6.88. The van der Waals surface area contributed by atoms with E-state index in [2.05, 4.69) is 209 Å². The van der Waals surface area contributed by atoms with Gasteiger partial charge in [0.15, 0.2) is 8.07 Å². The van der Waals surface area contributed by atoms with Crippen LogP contribution in [-0.4, -0.2) is 17.2 Å². The Morgan fingerprint density at radius 1 is 0.333 bits per heavy atom. The van der Waals surface area contributed by atoms with Crippen molar-refractivity contribution in [2.45, 2.75) is 0 Å². The number of rotatable bonds is 6. The van der Waals surface area contributed by atoms with Crippen LogP contribution in [0.4, 0.5) is 0 Å². The molecule has 0 spiro atoms. The average Bonchev–Trinajstić information content (AvgIpc) is 3.89. The first kappa shape index (κ1) is 30.7. The molecule has 0 N–H and O–H groups in total. The highest BCUT2D eigenvalue weighted by Gasteiger charge is 2.41. The summed E-state index contributed by atoms with van der Waals surface area (Å²) in [6, 6.07) is 75.4.